The molecular weight excluding hydrogens is 524 g/mol. The van der Waals surface area contributed by atoms with Crippen LogP contribution >= 0.6 is 11.8 Å². The topological polar surface area (TPSA) is 92.8 Å². The van der Waals surface area contributed by atoms with Crippen LogP contribution in [0.1, 0.15) is 57.8 Å². The minimum atomic E-state index is -0.937. The number of thioether (sulfide) groups is 1. The summed E-state index contributed by atoms with van der Waals surface area (Å²) in [6, 6.07) is 21.7. The first-order valence-corrected chi connectivity index (χ1v) is 15.0. The summed E-state index contributed by atoms with van der Waals surface area (Å²) in [5, 5.41) is 2.87. The molecule has 0 saturated carbocycles. The smallest absolute Gasteiger partial charge is 0.338 e. The summed E-state index contributed by atoms with van der Waals surface area (Å²) in [7, 11) is 0. The fourth-order valence-electron chi connectivity index (χ4n) is 6.74. The maximum absolute atomic E-state index is 14.2. The van der Waals surface area contributed by atoms with Crippen LogP contribution in [0.25, 0.3) is 0 Å². The van der Waals surface area contributed by atoms with Crippen LogP contribution in [0.3, 0.4) is 0 Å². The number of likely N-dealkylation sites (tertiary alicyclic amines) is 1. The second kappa shape index (κ2) is 10.6. The maximum Gasteiger partial charge on any atom is 0.338 e. The summed E-state index contributed by atoms with van der Waals surface area (Å²) >= 11 is 1.56. The molecule has 40 heavy (non-hydrogen) atoms. The van der Waals surface area contributed by atoms with Crippen LogP contribution in [0, 0.1) is 11.8 Å². The number of amides is 3. The van der Waals surface area contributed by atoms with Gasteiger partial charge in [-0.15, -0.1) is 0 Å². The van der Waals surface area contributed by atoms with Crippen LogP contribution in [0.2, 0.25) is 0 Å². The molecule has 204 valence electrons. The van der Waals surface area contributed by atoms with Gasteiger partial charge in [-0.2, -0.15) is 11.8 Å². The first-order chi connectivity index (χ1) is 19.5. The molecule has 7 rings (SSSR count). The van der Waals surface area contributed by atoms with Crippen molar-refractivity contribution in [1.82, 2.24) is 4.90 Å². The highest BCUT2D eigenvalue weighted by Gasteiger charge is 2.62. The first kappa shape index (κ1) is 26.3. The van der Waals surface area contributed by atoms with E-state index in [-0.39, 0.29) is 30.3 Å². The summed E-state index contributed by atoms with van der Waals surface area (Å²) < 4.78 is 5.03. The van der Waals surface area contributed by atoms with E-state index in [9.17, 15) is 19.2 Å². The monoisotopic (exact) mass is 554 g/mol. The molecule has 3 aliphatic carbocycles. The standard InChI is InChI=1S/C32H30N2O5S/c1-3-39-32(38)18-12-14-19(15-13-18)33-29(35)24(16-17-40-2)34-30(36)27-25-20-8-4-5-9-21(20)26(28(27)31(34)37)23-11-7-6-10-22(23)25/h4-15,24-28H,3,16-17H2,1-2H3,(H,33,35)/t24-,25?,26?,27-,28+/m1/s1. The SMILES string of the molecule is CCOC(=O)c1ccc(NC(=O)[C@@H](CCSC)N2C(=O)[C@@H]3C4c5ccccc5C(c5ccccc54)[C@@H]3C2=O)cc1. The van der Waals surface area contributed by atoms with Crippen molar-refractivity contribution in [1.29, 1.82) is 0 Å². The van der Waals surface area contributed by atoms with Crippen molar-refractivity contribution in [2.45, 2.75) is 31.2 Å². The van der Waals surface area contributed by atoms with Gasteiger partial charge in [0.2, 0.25) is 17.7 Å². The average Bonchev–Trinajstić information content (AvgIpc) is 3.24. The number of esters is 1. The van der Waals surface area contributed by atoms with Gasteiger partial charge in [0.05, 0.1) is 24.0 Å². The quantitative estimate of drug-likeness (QED) is 0.317. The van der Waals surface area contributed by atoms with E-state index in [0.29, 0.717) is 23.4 Å². The third kappa shape index (κ3) is 4.13. The van der Waals surface area contributed by atoms with E-state index in [1.165, 1.54) is 4.90 Å². The molecule has 1 aliphatic heterocycles. The first-order valence-electron chi connectivity index (χ1n) is 13.6. The number of hydrogen-bond donors (Lipinski definition) is 1. The summed E-state index contributed by atoms with van der Waals surface area (Å²) in [4.78, 5) is 55.3. The van der Waals surface area contributed by atoms with E-state index in [1.807, 2.05) is 30.5 Å². The molecule has 4 aliphatic rings. The lowest BCUT2D eigenvalue weighted by atomic mass is 9.55. The van der Waals surface area contributed by atoms with Gasteiger partial charge in [-0.3, -0.25) is 19.3 Å². The minimum absolute atomic E-state index is 0.219. The van der Waals surface area contributed by atoms with E-state index >= 15 is 0 Å². The summed E-state index contributed by atoms with van der Waals surface area (Å²) in [6.45, 7) is 2.01. The highest BCUT2D eigenvalue weighted by molar-refractivity contribution is 7.98. The molecule has 1 heterocycles. The van der Waals surface area contributed by atoms with E-state index in [0.717, 1.165) is 22.3 Å². The zero-order valence-corrected chi connectivity index (χ0v) is 23.1. The Morgan fingerprint density at radius 3 is 1.80 bits per heavy atom. The summed E-state index contributed by atoms with van der Waals surface area (Å²) in [5.41, 5.74) is 5.25. The molecule has 0 unspecified atom stereocenters. The molecule has 0 radical (unpaired) electrons. The predicted octanol–water partition coefficient (Wildman–Crippen LogP) is 4.82. The van der Waals surface area contributed by atoms with Crippen LogP contribution in [0.4, 0.5) is 5.69 Å². The molecule has 3 amide bonds. The number of ether oxygens (including phenoxy) is 1. The van der Waals surface area contributed by atoms with Gasteiger partial charge in [0.15, 0.2) is 0 Å². The molecule has 0 spiro atoms. The van der Waals surface area contributed by atoms with Crippen LogP contribution in [0.15, 0.2) is 72.8 Å². The minimum Gasteiger partial charge on any atom is -0.462 e. The maximum atomic E-state index is 14.2. The Balaban J connectivity index is 1.32. The molecule has 3 aromatic carbocycles. The molecular formula is C32H30N2O5S. The van der Waals surface area contributed by atoms with Crippen molar-refractivity contribution in [2.75, 3.05) is 23.9 Å². The number of carbonyl (C=O) groups is 4. The number of imide groups is 1. The Morgan fingerprint density at radius 1 is 0.850 bits per heavy atom. The number of carbonyl (C=O) groups excluding carboxylic acids is 4. The molecule has 8 heteroatoms. The summed E-state index contributed by atoms with van der Waals surface area (Å²) in [5.74, 6) is -2.29. The number of anilines is 1. The fraction of sp³-hybridized carbons (Fsp3) is 0.312. The Kier molecular flexibility index (Phi) is 6.96. The van der Waals surface area contributed by atoms with Crippen LogP contribution in [-0.4, -0.2) is 53.2 Å². The molecule has 7 nitrogen and oxygen atoms in total. The summed E-state index contributed by atoms with van der Waals surface area (Å²) in [6.07, 6.45) is 2.28. The van der Waals surface area contributed by atoms with Crippen LogP contribution < -0.4 is 5.32 Å². The van der Waals surface area contributed by atoms with E-state index < -0.39 is 29.8 Å². The third-order valence-electron chi connectivity index (χ3n) is 8.36. The van der Waals surface area contributed by atoms with Gasteiger partial charge in [0.1, 0.15) is 6.04 Å². The Morgan fingerprint density at radius 2 is 1.35 bits per heavy atom. The number of nitrogens with one attached hydrogen (secondary N) is 1. The zero-order valence-electron chi connectivity index (χ0n) is 22.3. The van der Waals surface area contributed by atoms with Crippen molar-refractivity contribution in [2.24, 2.45) is 11.8 Å². The van der Waals surface area contributed by atoms with E-state index in [1.54, 1.807) is 43.0 Å². The molecule has 3 atom stereocenters. The van der Waals surface area contributed by atoms with Gasteiger partial charge in [-0.1, -0.05) is 48.5 Å². The van der Waals surface area contributed by atoms with E-state index in [4.69, 9.17) is 4.74 Å². The highest BCUT2D eigenvalue weighted by Crippen LogP contribution is 2.61. The molecule has 3 aromatic rings. The lowest BCUT2D eigenvalue weighted by molar-refractivity contribution is -0.146. The molecule has 0 aromatic heterocycles. The lowest BCUT2D eigenvalue weighted by Gasteiger charge is -2.45. The van der Waals surface area contributed by atoms with Gasteiger partial charge in [0.25, 0.3) is 0 Å². The second-order valence-electron chi connectivity index (χ2n) is 10.4. The predicted molar refractivity (Wildman–Crippen MR) is 153 cm³/mol. The number of hydrogen-bond acceptors (Lipinski definition) is 6. The zero-order chi connectivity index (χ0) is 28.0. The number of benzene rings is 3. The van der Waals surface area contributed by atoms with Crippen LogP contribution in [0.5, 0.6) is 0 Å². The molecule has 1 fully saturated rings. The Labute approximate surface area is 237 Å². The largest absolute Gasteiger partial charge is 0.462 e. The van der Waals surface area contributed by atoms with Gasteiger partial charge in [0, 0.05) is 17.5 Å². The Hall–Kier alpha value is -3.91. The molecule has 1 N–H and O–H groups in total. The molecule has 2 bridgehead atoms. The highest BCUT2D eigenvalue weighted by atomic mass is 32.2. The van der Waals surface area contributed by atoms with Crippen molar-refractivity contribution in [3.05, 3.63) is 101 Å². The third-order valence-corrected chi connectivity index (χ3v) is 9.00. The van der Waals surface area contributed by atoms with Crippen LogP contribution in [-0.2, 0) is 19.1 Å². The Bertz CT molecular complexity index is 1390. The fourth-order valence-corrected chi connectivity index (χ4v) is 7.20. The molecule has 1 saturated heterocycles. The van der Waals surface area contributed by atoms with Gasteiger partial charge < -0.3 is 10.1 Å². The number of nitrogens with zero attached hydrogens (tertiary/aromatic N) is 1. The van der Waals surface area contributed by atoms with E-state index in [2.05, 4.69) is 29.6 Å². The van der Waals surface area contributed by atoms with Gasteiger partial charge in [-0.25, -0.2) is 4.79 Å². The van der Waals surface area contributed by atoms with Crippen molar-refractivity contribution >= 4 is 41.1 Å². The number of rotatable bonds is 8. The lowest BCUT2D eigenvalue weighted by Crippen LogP contribution is -2.48. The second-order valence-corrected chi connectivity index (χ2v) is 11.4. The van der Waals surface area contributed by atoms with Gasteiger partial charge in [-0.05, 0) is 71.9 Å². The van der Waals surface area contributed by atoms with Crippen molar-refractivity contribution < 1.29 is 23.9 Å². The van der Waals surface area contributed by atoms with Crippen molar-refractivity contribution in [3.63, 3.8) is 0 Å². The average molecular weight is 555 g/mol. The van der Waals surface area contributed by atoms with Crippen molar-refractivity contribution in [3.8, 4) is 0 Å². The normalized spacial score (nSPS) is 22.8. The van der Waals surface area contributed by atoms with Gasteiger partial charge >= 0.3 is 5.97 Å².